The van der Waals surface area contributed by atoms with Crippen molar-refractivity contribution in [2.24, 2.45) is 0 Å². The summed E-state index contributed by atoms with van der Waals surface area (Å²) in [6.07, 6.45) is 2.83. The standard InChI is InChI=1S/C18H25N3O6S2/c22-18(17-2-1-13-27-17)20-9-11-21(12-10-20)29(25,26)16-7-5-15(6-8-16)28(23,24)19-14-3-4-14/h5-8,14,17,19H,1-4,9-13H2. The Morgan fingerprint density at radius 2 is 1.55 bits per heavy atom. The number of ether oxygens (including phenoxy) is 1. The van der Waals surface area contributed by atoms with Crippen LogP contribution in [0, 0.1) is 0 Å². The number of piperazine rings is 1. The molecular formula is C18H25N3O6S2. The fraction of sp³-hybridized carbons (Fsp3) is 0.611. The van der Waals surface area contributed by atoms with Crippen molar-refractivity contribution in [1.82, 2.24) is 13.9 Å². The van der Waals surface area contributed by atoms with Crippen molar-refractivity contribution in [3.05, 3.63) is 24.3 Å². The normalized spacial score (nSPS) is 24.0. The molecule has 3 aliphatic rings. The van der Waals surface area contributed by atoms with Crippen LogP contribution >= 0.6 is 0 Å². The number of nitrogens with one attached hydrogen (secondary N) is 1. The molecule has 1 atom stereocenters. The third-order valence-corrected chi connectivity index (χ3v) is 8.88. The smallest absolute Gasteiger partial charge is 0.251 e. The molecule has 1 N–H and O–H groups in total. The van der Waals surface area contributed by atoms with Crippen LogP contribution in [0.2, 0.25) is 0 Å². The van der Waals surface area contributed by atoms with Gasteiger partial charge in [0.2, 0.25) is 20.0 Å². The van der Waals surface area contributed by atoms with Crippen molar-refractivity contribution < 1.29 is 26.4 Å². The topological polar surface area (TPSA) is 113 Å². The molecule has 2 saturated heterocycles. The summed E-state index contributed by atoms with van der Waals surface area (Å²) < 4.78 is 59.6. The van der Waals surface area contributed by atoms with Gasteiger partial charge in [0.25, 0.3) is 5.91 Å². The molecule has 1 saturated carbocycles. The molecule has 1 aromatic rings. The molecule has 2 heterocycles. The van der Waals surface area contributed by atoms with E-state index >= 15 is 0 Å². The van der Waals surface area contributed by atoms with Crippen molar-refractivity contribution in [3.63, 3.8) is 0 Å². The van der Waals surface area contributed by atoms with Crippen LogP contribution < -0.4 is 4.72 Å². The molecule has 0 radical (unpaired) electrons. The Morgan fingerprint density at radius 1 is 0.931 bits per heavy atom. The van der Waals surface area contributed by atoms with Gasteiger partial charge >= 0.3 is 0 Å². The fourth-order valence-electron chi connectivity index (χ4n) is 3.55. The largest absolute Gasteiger partial charge is 0.368 e. The van der Waals surface area contributed by atoms with E-state index in [1.165, 1.54) is 28.6 Å². The Hall–Kier alpha value is -1.53. The lowest BCUT2D eigenvalue weighted by Crippen LogP contribution is -2.52. The van der Waals surface area contributed by atoms with E-state index in [4.69, 9.17) is 4.74 Å². The molecular weight excluding hydrogens is 418 g/mol. The lowest BCUT2D eigenvalue weighted by atomic mass is 10.2. The van der Waals surface area contributed by atoms with Crippen molar-refractivity contribution in [3.8, 4) is 0 Å². The van der Waals surface area contributed by atoms with Crippen LogP contribution in [0.1, 0.15) is 25.7 Å². The summed E-state index contributed by atoms with van der Waals surface area (Å²) in [6, 6.07) is 5.25. The first-order chi connectivity index (χ1) is 13.8. The van der Waals surface area contributed by atoms with Gasteiger partial charge in [-0.1, -0.05) is 0 Å². The minimum absolute atomic E-state index is 0.0166. The highest BCUT2D eigenvalue weighted by Gasteiger charge is 2.34. The molecule has 11 heteroatoms. The highest BCUT2D eigenvalue weighted by atomic mass is 32.2. The predicted molar refractivity (Wildman–Crippen MR) is 104 cm³/mol. The van der Waals surface area contributed by atoms with Crippen LogP contribution in [0.4, 0.5) is 0 Å². The van der Waals surface area contributed by atoms with Crippen LogP contribution in [0.5, 0.6) is 0 Å². The van der Waals surface area contributed by atoms with E-state index in [-0.39, 0.29) is 34.8 Å². The number of carbonyl (C=O) groups excluding carboxylic acids is 1. The summed E-state index contributed by atoms with van der Waals surface area (Å²) >= 11 is 0. The van der Waals surface area contributed by atoms with Gasteiger partial charge in [0, 0.05) is 38.8 Å². The number of amides is 1. The minimum Gasteiger partial charge on any atom is -0.368 e. The Bertz CT molecular complexity index is 959. The molecule has 0 aromatic heterocycles. The maximum absolute atomic E-state index is 12.9. The van der Waals surface area contributed by atoms with Gasteiger partial charge in [-0.25, -0.2) is 21.6 Å². The summed E-state index contributed by atoms with van der Waals surface area (Å²) in [4.78, 5) is 14.2. The number of hydrogen-bond donors (Lipinski definition) is 1. The lowest BCUT2D eigenvalue weighted by molar-refractivity contribution is -0.142. The molecule has 1 aliphatic carbocycles. The van der Waals surface area contributed by atoms with E-state index in [1.807, 2.05) is 0 Å². The molecule has 160 valence electrons. The van der Waals surface area contributed by atoms with E-state index in [9.17, 15) is 21.6 Å². The van der Waals surface area contributed by atoms with Crippen LogP contribution in [-0.2, 0) is 29.6 Å². The summed E-state index contributed by atoms with van der Waals surface area (Å²) in [5.41, 5.74) is 0. The van der Waals surface area contributed by atoms with Gasteiger partial charge in [0.15, 0.2) is 0 Å². The highest BCUT2D eigenvalue weighted by molar-refractivity contribution is 7.89. The summed E-state index contributed by atoms with van der Waals surface area (Å²) in [5.74, 6) is -0.0720. The number of rotatable bonds is 6. The van der Waals surface area contributed by atoms with Gasteiger partial charge in [0.05, 0.1) is 9.79 Å². The average Bonchev–Trinajstić information content (AvgIpc) is 3.34. The van der Waals surface area contributed by atoms with E-state index in [1.54, 1.807) is 4.90 Å². The molecule has 2 aliphatic heterocycles. The quantitative estimate of drug-likeness (QED) is 0.669. The lowest BCUT2D eigenvalue weighted by Gasteiger charge is -2.35. The summed E-state index contributed by atoms with van der Waals surface area (Å²) in [5, 5.41) is 0. The second kappa shape index (κ2) is 7.95. The number of nitrogens with zero attached hydrogens (tertiary/aromatic N) is 2. The summed E-state index contributed by atoms with van der Waals surface area (Å²) in [6.45, 7) is 1.62. The molecule has 0 bridgehead atoms. The average molecular weight is 444 g/mol. The monoisotopic (exact) mass is 443 g/mol. The number of benzene rings is 1. The number of carbonyl (C=O) groups is 1. The second-order valence-electron chi connectivity index (χ2n) is 7.60. The third kappa shape index (κ3) is 4.48. The van der Waals surface area contributed by atoms with Crippen LogP contribution in [0.15, 0.2) is 34.1 Å². The maximum Gasteiger partial charge on any atom is 0.251 e. The summed E-state index contributed by atoms with van der Waals surface area (Å²) in [7, 11) is -7.38. The van der Waals surface area contributed by atoms with Gasteiger partial charge in [-0.3, -0.25) is 4.79 Å². The Kier molecular flexibility index (Phi) is 5.68. The van der Waals surface area contributed by atoms with Crippen LogP contribution in [0.25, 0.3) is 0 Å². The second-order valence-corrected chi connectivity index (χ2v) is 11.2. The van der Waals surface area contributed by atoms with Gasteiger partial charge in [0.1, 0.15) is 6.10 Å². The Balaban J connectivity index is 1.40. The van der Waals surface area contributed by atoms with Crippen LogP contribution in [0.3, 0.4) is 0 Å². The molecule has 4 rings (SSSR count). The zero-order valence-electron chi connectivity index (χ0n) is 16.0. The van der Waals surface area contributed by atoms with Crippen molar-refractivity contribution >= 4 is 26.0 Å². The van der Waals surface area contributed by atoms with Crippen molar-refractivity contribution in [2.75, 3.05) is 32.8 Å². The molecule has 1 unspecified atom stereocenters. The highest BCUT2D eigenvalue weighted by Crippen LogP contribution is 2.24. The van der Waals surface area contributed by atoms with E-state index in [0.717, 1.165) is 19.3 Å². The molecule has 29 heavy (non-hydrogen) atoms. The number of hydrogen-bond acceptors (Lipinski definition) is 6. The first-order valence-corrected chi connectivity index (χ1v) is 12.7. The van der Waals surface area contributed by atoms with Gasteiger partial charge in [-0.2, -0.15) is 4.31 Å². The van der Waals surface area contributed by atoms with E-state index in [2.05, 4.69) is 4.72 Å². The van der Waals surface area contributed by atoms with Gasteiger partial charge in [-0.15, -0.1) is 0 Å². The minimum atomic E-state index is -3.75. The maximum atomic E-state index is 12.9. The fourth-order valence-corrected chi connectivity index (χ4v) is 6.28. The third-order valence-electron chi connectivity index (χ3n) is 5.43. The molecule has 9 nitrogen and oxygen atoms in total. The Morgan fingerprint density at radius 3 is 2.10 bits per heavy atom. The molecule has 3 fully saturated rings. The SMILES string of the molecule is O=C(C1CCCO1)N1CCN(S(=O)(=O)c2ccc(S(=O)(=O)NC3CC3)cc2)CC1. The van der Waals surface area contributed by atoms with Crippen LogP contribution in [-0.4, -0.2) is 76.9 Å². The first kappa shape index (κ1) is 20.7. The van der Waals surface area contributed by atoms with E-state index in [0.29, 0.717) is 26.1 Å². The predicted octanol–water partition coefficient (Wildman–Crippen LogP) is 0.139. The molecule has 0 spiro atoms. The Labute approximate surface area is 171 Å². The zero-order chi connectivity index (χ0) is 20.6. The zero-order valence-corrected chi connectivity index (χ0v) is 17.6. The molecule has 1 aromatic carbocycles. The number of sulfonamides is 2. The molecule has 1 amide bonds. The van der Waals surface area contributed by atoms with Gasteiger partial charge < -0.3 is 9.64 Å². The van der Waals surface area contributed by atoms with E-state index < -0.39 is 26.2 Å². The van der Waals surface area contributed by atoms with Gasteiger partial charge in [-0.05, 0) is 49.9 Å². The first-order valence-electron chi connectivity index (χ1n) is 9.80. The van der Waals surface area contributed by atoms with Crippen molar-refractivity contribution in [1.29, 1.82) is 0 Å². The van der Waals surface area contributed by atoms with Crippen molar-refractivity contribution in [2.45, 2.75) is 47.6 Å².